The largest absolute Gasteiger partial charge is 0.494 e. The van der Waals surface area contributed by atoms with Gasteiger partial charge in [-0.15, -0.1) is 10.2 Å². The number of anilines is 1. The van der Waals surface area contributed by atoms with Gasteiger partial charge in [-0.25, -0.2) is 0 Å². The Hall–Kier alpha value is -3.52. The highest BCUT2D eigenvalue weighted by molar-refractivity contribution is 7.15. The molecule has 3 heterocycles. The van der Waals surface area contributed by atoms with Crippen molar-refractivity contribution in [2.45, 2.75) is 45.6 Å². The molecule has 1 amide bonds. The molecule has 0 saturated carbocycles. The van der Waals surface area contributed by atoms with Crippen molar-refractivity contribution in [1.82, 2.24) is 10.2 Å². The minimum Gasteiger partial charge on any atom is -0.494 e. The molecule has 4 aromatic rings. The van der Waals surface area contributed by atoms with Crippen molar-refractivity contribution in [3.8, 4) is 5.75 Å². The lowest BCUT2D eigenvalue weighted by atomic mass is 9.98. The summed E-state index contributed by atoms with van der Waals surface area (Å²) < 4.78 is 11.8. The molecule has 2 aromatic carbocycles. The van der Waals surface area contributed by atoms with Crippen LogP contribution in [0.25, 0.3) is 11.0 Å². The van der Waals surface area contributed by atoms with E-state index in [1.165, 1.54) is 16.2 Å². The Balaban J connectivity index is 1.65. The normalized spacial score (nSPS) is 15.4. The highest BCUT2D eigenvalue weighted by Crippen LogP contribution is 2.43. The maximum absolute atomic E-state index is 13.6. The Kier molecular flexibility index (Phi) is 5.91. The molecule has 1 aliphatic heterocycles. The average Bonchev–Trinajstić information content (AvgIpc) is 3.43. The first-order valence-electron chi connectivity index (χ1n) is 11.4. The third kappa shape index (κ3) is 3.77. The summed E-state index contributed by atoms with van der Waals surface area (Å²) in [7, 11) is 0. The number of aromatic nitrogens is 2. The highest BCUT2D eigenvalue weighted by atomic mass is 32.1. The lowest BCUT2D eigenvalue weighted by Gasteiger charge is -2.22. The fourth-order valence-electron chi connectivity index (χ4n) is 4.07. The van der Waals surface area contributed by atoms with Crippen LogP contribution in [0.15, 0.2) is 57.7 Å². The molecule has 0 saturated heterocycles. The molecule has 0 N–H and O–H groups in total. The summed E-state index contributed by atoms with van der Waals surface area (Å²) in [6, 6.07) is 13.8. The van der Waals surface area contributed by atoms with Gasteiger partial charge in [-0.3, -0.25) is 14.5 Å². The molecule has 34 heavy (non-hydrogen) atoms. The van der Waals surface area contributed by atoms with Crippen molar-refractivity contribution >= 4 is 33.3 Å². The minimum atomic E-state index is -0.666. The standard InChI is InChI=1S/C26H25N3O4S/c1-4-5-14-32-17-12-10-16(11-13-17)21-20-22(30)18-8-6-7-9-19(18)33-23(20)25(31)29(21)26-28-27-24(34-26)15(2)3/h6-13,15,21H,4-5,14H2,1-3H3/t21-/m1/s1. The van der Waals surface area contributed by atoms with E-state index in [-0.39, 0.29) is 17.1 Å². The number of carbonyl (C=O) groups excluding carboxylic acids is 1. The second-order valence-electron chi connectivity index (χ2n) is 8.60. The zero-order valence-electron chi connectivity index (χ0n) is 19.3. The molecule has 0 bridgehead atoms. The van der Waals surface area contributed by atoms with Crippen molar-refractivity contribution in [3.63, 3.8) is 0 Å². The summed E-state index contributed by atoms with van der Waals surface area (Å²) in [5.74, 6) is 0.583. The van der Waals surface area contributed by atoms with E-state index in [1.807, 2.05) is 38.1 Å². The number of unbranched alkanes of at least 4 members (excludes halogenated alkanes) is 1. The third-order valence-corrected chi connectivity index (χ3v) is 7.09. The Bertz CT molecular complexity index is 1410. The van der Waals surface area contributed by atoms with Gasteiger partial charge < -0.3 is 9.15 Å². The summed E-state index contributed by atoms with van der Waals surface area (Å²) in [6.45, 7) is 6.81. The van der Waals surface area contributed by atoms with Gasteiger partial charge in [0, 0.05) is 5.92 Å². The molecule has 0 unspecified atom stereocenters. The van der Waals surface area contributed by atoms with E-state index >= 15 is 0 Å². The molecule has 1 atom stereocenters. The lowest BCUT2D eigenvalue weighted by Crippen LogP contribution is -2.29. The quantitative estimate of drug-likeness (QED) is 0.319. The van der Waals surface area contributed by atoms with Gasteiger partial charge in [0.15, 0.2) is 5.43 Å². The van der Waals surface area contributed by atoms with Gasteiger partial charge in [0.25, 0.3) is 5.91 Å². The number of benzene rings is 2. The van der Waals surface area contributed by atoms with Gasteiger partial charge in [0.1, 0.15) is 16.3 Å². The van der Waals surface area contributed by atoms with Crippen LogP contribution in [0, 0.1) is 0 Å². The Morgan fingerprint density at radius 1 is 1.09 bits per heavy atom. The van der Waals surface area contributed by atoms with Crippen LogP contribution in [-0.2, 0) is 0 Å². The average molecular weight is 476 g/mol. The molecule has 0 spiro atoms. The predicted octanol–water partition coefficient (Wildman–Crippen LogP) is 5.70. The van der Waals surface area contributed by atoms with Gasteiger partial charge in [-0.2, -0.15) is 0 Å². The van der Waals surface area contributed by atoms with Crippen LogP contribution in [0.5, 0.6) is 5.75 Å². The van der Waals surface area contributed by atoms with Gasteiger partial charge in [0.05, 0.1) is 23.6 Å². The maximum atomic E-state index is 13.6. The molecule has 0 radical (unpaired) electrons. The first kappa shape index (κ1) is 22.3. The van der Waals surface area contributed by atoms with Crippen molar-refractivity contribution in [1.29, 1.82) is 0 Å². The second kappa shape index (κ2) is 9.02. The number of hydrogen-bond acceptors (Lipinski definition) is 7. The molecule has 0 fully saturated rings. The number of hydrogen-bond donors (Lipinski definition) is 0. The number of nitrogens with zero attached hydrogens (tertiary/aromatic N) is 3. The minimum absolute atomic E-state index is 0.0540. The number of carbonyl (C=O) groups is 1. The summed E-state index contributed by atoms with van der Waals surface area (Å²) in [4.78, 5) is 28.7. The zero-order chi connectivity index (χ0) is 23.8. The molecule has 174 valence electrons. The third-order valence-electron chi connectivity index (χ3n) is 5.87. The van der Waals surface area contributed by atoms with E-state index < -0.39 is 11.9 Å². The number of amides is 1. The number of rotatable bonds is 7. The molecular formula is C26H25N3O4S. The number of para-hydroxylation sites is 1. The van der Waals surface area contributed by atoms with Crippen LogP contribution < -0.4 is 15.1 Å². The van der Waals surface area contributed by atoms with Gasteiger partial charge in [-0.1, -0.05) is 62.8 Å². The summed E-state index contributed by atoms with van der Waals surface area (Å²) >= 11 is 1.35. The van der Waals surface area contributed by atoms with E-state index in [1.54, 1.807) is 24.3 Å². The van der Waals surface area contributed by atoms with Crippen LogP contribution >= 0.6 is 11.3 Å². The van der Waals surface area contributed by atoms with Crippen molar-refractivity contribution < 1.29 is 13.9 Å². The first-order valence-corrected chi connectivity index (χ1v) is 12.3. The van der Waals surface area contributed by atoms with Gasteiger partial charge in [0.2, 0.25) is 10.9 Å². The van der Waals surface area contributed by atoms with Crippen LogP contribution in [0.3, 0.4) is 0 Å². The SMILES string of the molecule is CCCCOc1ccc([C@@H]2c3c(oc4ccccc4c3=O)C(=O)N2c2nnc(C(C)C)s2)cc1. The molecule has 7 nitrogen and oxygen atoms in total. The summed E-state index contributed by atoms with van der Waals surface area (Å²) in [6.07, 6.45) is 2.03. The van der Waals surface area contributed by atoms with E-state index in [9.17, 15) is 9.59 Å². The summed E-state index contributed by atoms with van der Waals surface area (Å²) in [5, 5.41) is 10.3. The summed E-state index contributed by atoms with van der Waals surface area (Å²) in [5.41, 5.74) is 1.28. The van der Waals surface area contributed by atoms with Crippen LogP contribution in [0.1, 0.15) is 72.3 Å². The topological polar surface area (TPSA) is 85.5 Å². The predicted molar refractivity (Wildman–Crippen MR) is 132 cm³/mol. The Morgan fingerprint density at radius 3 is 2.56 bits per heavy atom. The highest BCUT2D eigenvalue weighted by Gasteiger charge is 2.45. The molecule has 0 aliphatic carbocycles. The maximum Gasteiger partial charge on any atom is 0.297 e. The van der Waals surface area contributed by atoms with E-state index in [2.05, 4.69) is 17.1 Å². The van der Waals surface area contributed by atoms with Crippen molar-refractivity contribution in [3.05, 3.63) is 80.6 Å². The van der Waals surface area contributed by atoms with Crippen molar-refractivity contribution in [2.75, 3.05) is 11.5 Å². The smallest absolute Gasteiger partial charge is 0.297 e. The second-order valence-corrected chi connectivity index (χ2v) is 9.58. The number of ether oxygens (including phenoxy) is 1. The van der Waals surface area contributed by atoms with E-state index in [0.29, 0.717) is 28.3 Å². The molecule has 8 heteroatoms. The lowest BCUT2D eigenvalue weighted by molar-refractivity contribution is 0.0970. The Morgan fingerprint density at radius 2 is 1.85 bits per heavy atom. The molecule has 2 aromatic heterocycles. The fraction of sp³-hybridized carbons (Fsp3) is 0.308. The van der Waals surface area contributed by atoms with Crippen LogP contribution in [-0.4, -0.2) is 22.7 Å². The van der Waals surface area contributed by atoms with Gasteiger partial charge >= 0.3 is 0 Å². The van der Waals surface area contributed by atoms with Gasteiger partial charge in [-0.05, 0) is 36.2 Å². The van der Waals surface area contributed by atoms with Crippen molar-refractivity contribution in [2.24, 2.45) is 0 Å². The first-order chi connectivity index (χ1) is 16.5. The molecule has 1 aliphatic rings. The molecular weight excluding hydrogens is 450 g/mol. The zero-order valence-corrected chi connectivity index (χ0v) is 20.1. The van der Waals surface area contributed by atoms with Crippen LogP contribution in [0.4, 0.5) is 5.13 Å². The van der Waals surface area contributed by atoms with E-state index in [4.69, 9.17) is 9.15 Å². The van der Waals surface area contributed by atoms with Crippen LogP contribution in [0.2, 0.25) is 0 Å². The fourth-order valence-corrected chi connectivity index (χ4v) is 4.94. The monoisotopic (exact) mass is 475 g/mol. The Labute approximate surface area is 201 Å². The molecule has 5 rings (SSSR count). The number of fused-ring (bicyclic) bond motifs is 2. The van der Waals surface area contributed by atoms with E-state index in [0.717, 1.165) is 29.2 Å².